The van der Waals surface area contributed by atoms with Gasteiger partial charge in [0.1, 0.15) is 11.6 Å². The minimum atomic E-state index is 0.734. The number of hydrogen-bond acceptors (Lipinski definition) is 5. The Bertz CT molecular complexity index is 1330. The molecular weight excluding hydrogens is 350 g/mol. The van der Waals surface area contributed by atoms with Gasteiger partial charge >= 0.3 is 0 Å². The standard InChI is InChI=1S/C21H21N7/c1-4-14-12-23-13(2)28-21(14)24-18(26-28)9-10-19-25-20-15-6-5-11-22-16(15)7-8-17(20)27(19)3/h5-8,11-12H,4,9-10H2,1-3H3. The monoisotopic (exact) mass is 371 g/mol. The zero-order chi connectivity index (χ0) is 19.3. The highest BCUT2D eigenvalue weighted by Gasteiger charge is 2.14. The minimum Gasteiger partial charge on any atom is -0.331 e. The summed E-state index contributed by atoms with van der Waals surface area (Å²) in [6.07, 6.45) is 6.11. The molecule has 140 valence electrons. The van der Waals surface area contributed by atoms with Crippen LogP contribution in [-0.2, 0) is 26.3 Å². The molecule has 28 heavy (non-hydrogen) atoms. The molecule has 0 unspecified atom stereocenters. The van der Waals surface area contributed by atoms with Crippen molar-refractivity contribution in [2.75, 3.05) is 0 Å². The number of nitrogens with zero attached hydrogens (tertiary/aromatic N) is 7. The Morgan fingerprint density at radius 2 is 1.93 bits per heavy atom. The van der Waals surface area contributed by atoms with Crippen LogP contribution in [0.1, 0.15) is 30.0 Å². The summed E-state index contributed by atoms with van der Waals surface area (Å²) in [5.74, 6) is 2.70. The van der Waals surface area contributed by atoms with E-state index in [1.807, 2.05) is 29.9 Å². The third-order valence-corrected chi connectivity index (χ3v) is 5.33. The average Bonchev–Trinajstić information content (AvgIpc) is 3.29. The maximum absolute atomic E-state index is 4.91. The first-order valence-electron chi connectivity index (χ1n) is 9.55. The minimum absolute atomic E-state index is 0.734. The molecule has 0 saturated heterocycles. The molecule has 0 aliphatic heterocycles. The fourth-order valence-electron chi connectivity index (χ4n) is 3.73. The normalized spacial score (nSPS) is 11.8. The van der Waals surface area contributed by atoms with Gasteiger partial charge in [0.2, 0.25) is 0 Å². The van der Waals surface area contributed by atoms with E-state index in [1.165, 1.54) is 0 Å². The number of imidazole rings is 1. The van der Waals surface area contributed by atoms with Gasteiger partial charge in [0.05, 0.1) is 16.6 Å². The van der Waals surface area contributed by atoms with Crippen LogP contribution in [0.2, 0.25) is 0 Å². The van der Waals surface area contributed by atoms with E-state index in [2.05, 4.69) is 51.8 Å². The van der Waals surface area contributed by atoms with Crippen LogP contribution in [0.15, 0.2) is 36.7 Å². The lowest BCUT2D eigenvalue weighted by atomic mass is 10.2. The first-order chi connectivity index (χ1) is 13.7. The quantitative estimate of drug-likeness (QED) is 0.485. The molecule has 7 heteroatoms. The molecule has 5 rings (SSSR count). The van der Waals surface area contributed by atoms with E-state index in [4.69, 9.17) is 9.97 Å². The van der Waals surface area contributed by atoms with Crippen molar-refractivity contribution in [2.24, 2.45) is 7.05 Å². The zero-order valence-electron chi connectivity index (χ0n) is 16.2. The number of hydrogen-bond donors (Lipinski definition) is 0. The molecule has 0 aliphatic carbocycles. The molecule has 0 bridgehead atoms. The van der Waals surface area contributed by atoms with Crippen molar-refractivity contribution in [1.29, 1.82) is 0 Å². The molecule has 0 aliphatic rings. The highest BCUT2D eigenvalue weighted by atomic mass is 15.3. The van der Waals surface area contributed by atoms with E-state index in [0.29, 0.717) is 0 Å². The van der Waals surface area contributed by atoms with Gasteiger partial charge in [0.15, 0.2) is 11.5 Å². The molecule has 0 N–H and O–H groups in total. The second kappa shape index (κ2) is 6.37. The topological polar surface area (TPSA) is 73.8 Å². The third kappa shape index (κ3) is 2.54. The van der Waals surface area contributed by atoms with Crippen LogP contribution >= 0.6 is 0 Å². The molecule has 0 amide bonds. The molecule has 0 fully saturated rings. The van der Waals surface area contributed by atoms with Crippen LogP contribution in [0.25, 0.3) is 27.6 Å². The lowest BCUT2D eigenvalue weighted by molar-refractivity contribution is 0.748. The van der Waals surface area contributed by atoms with Gasteiger partial charge in [0, 0.05) is 43.2 Å². The van der Waals surface area contributed by atoms with Gasteiger partial charge in [-0.25, -0.2) is 15.0 Å². The van der Waals surface area contributed by atoms with E-state index < -0.39 is 0 Å². The second-order valence-corrected chi connectivity index (χ2v) is 7.04. The fraction of sp³-hybridized carbons (Fsp3) is 0.286. The van der Waals surface area contributed by atoms with Crippen molar-refractivity contribution >= 4 is 27.6 Å². The number of benzene rings is 1. The number of aryl methyl sites for hydroxylation is 5. The molecule has 0 spiro atoms. The van der Waals surface area contributed by atoms with Gasteiger partial charge in [-0.1, -0.05) is 6.92 Å². The Balaban J connectivity index is 1.51. The average molecular weight is 371 g/mol. The summed E-state index contributed by atoms with van der Waals surface area (Å²) in [6, 6.07) is 8.17. The SMILES string of the molecule is CCc1cnc(C)n2nc(CCc3nc4c5cccnc5ccc4n3C)nc12. The Hall–Kier alpha value is -3.35. The lowest BCUT2D eigenvalue weighted by Crippen LogP contribution is -2.02. The maximum atomic E-state index is 4.91. The van der Waals surface area contributed by atoms with Crippen molar-refractivity contribution in [3.8, 4) is 0 Å². The van der Waals surface area contributed by atoms with E-state index >= 15 is 0 Å². The highest BCUT2D eigenvalue weighted by Crippen LogP contribution is 2.24. The van der Waals surface area contributed by atoms with Crippen LogP contribution in [0.3, 0.4) is 0 Å². The summed E-state index contributed by atoms with van der Waals surface area (Å²) in [4.78, 5) is 18.5. The fourth-order valence-corrected chi connectivity index (χ4v) is 3.73. The first-order valence-corrected chi connectivity index (χ1v) is 9.55. The Kier molecular flexibility index (Phi) is 3.82. The van der Waals surface area contributed by atoms with Gasteiger partial charge in [-0.3, -0.25) is 4.98 Å². The Morgan fingerprint density at radius 1 is 1.04 bits per heavy atom. The van der Waals surface area contributed by atoms with E-state index in [0.717, 1.165) is 69.9 Å². The summed E-state index contributed by atoms with van der Waals surface area (Å²) >= 11 is 0. The van der Waals surface area contributed by atoms with E-state index in [1.54, 1.807) is 0 Å². The summed E-state index contributed by atoms with van der Waals surface area (Å²) < 4.78 is 4.00. The van der Waals surface area contributed by atoms with Gasteiger partial charge in [-0.2, -0.15) is 4.52 Å². The summed E-state index contributed by atoms with van der Waals surface area (Å²) in [5, 5.41) is 5.75. The van der Waals surface area contributed by atoms with Crippen molar-refractivity contribution < 1.29 is 0 Å². The molecule has 4 aromatic heterocycles. The van der Waals surface area contributed by atoms with Gasteiger partial charge in [0.25, 0.3) is 0 Å². The predicted molar refractivity (Wildman–Crippen MR) is 108 cm³/mol. The predicted octanol–water partition coefficient (Wildman–Crippen LogP) is 3.22. The molecule has 7 nitrogen and oxygen atoms in total. The van der Waals surface area contributed by atoms with Crippen LogP contribution in [-0.4, -0.2) is 34.1 Å². The van der Waals surface area contributed by atoms with Gasteiger partial charge < -0.3 is 4.57 Å². The van der Waals surface area contributed by atoms with Crippen LogP contribution in [0, 0.1) is 6.92 Å². The largest absolute Gasteiger partial charge is 0.331 e. The lowest BCUT2D eigenvalue weighted by Gasteiger charge is -2.01. The molecule has 5 aromatic rings. The van der Waals surface area contributed by atoms with Crippen LogP contribution in [0.5, 0.6) is 0 Å². The molecule has 0 radical (unpaired) electrons. The molecule has 1 aromatic carbocycles. The van der Waals surface area contributed by atoms with Crippen molar-refractivity contribution in [3.63, 3.8) is 0 Å². The summed E-state index contributed by atoms with van der Waals surface area (Å²) in [5.41, 5.74) is 5.11. The third-order valence-electron chi connectivity index (χ3n) is 5.33. The van der Waals surface area contributed by atoms with Gasteiger partial charge in [-0.05, 0) is 37.6 Å². The highest BCUT2D eigenvalue weighted by molar-refractivity contribution is 6.02. The van der Waals surface area contributed by atoms with Crippen LogP contribution < -0.4 is 0 Å². The Morgan fingerprint density at radius 3 is 2.79 bits per heavy atom. The van der Waals surface area contributed by atoms with Crippen molar-refractivity contribution in [2.45, 2.75) is 33.1 Å². The first kappa shape index (κ1) is 16.8. The van der Waals surface area contributed by atoms with Crippen molar-refractivity contribution in [1.82, 2.24) is 34.1 Å². The smallest absolute Gasteiger partial charge is 0.162 e. The molecule has 0 saturated carbocycles. The summed E-state index contributed by atoms with van der Waals surface area (Å²) in [7, 11) is 2.06. The van der Waals surface area contributed by atoms with E-state index in [9.17, 15) is 0 Å². The number of pyridine rings is 1. The number of aromatic nitrogens is 7. The number of rotatable bonds is 4. The van der Waals surface area contributed by atoms with Crippen molar-refractivity contribution in [3.05, 3.63) is 59.7 Å². The second-order valence-electron chi connectivity index (χ2n) is 7.04. The van der Waals surface area contributed by atoms with Gasteiger partial charge in [-0.15, -0.1) is 5.10 Å². The molecule has 4 heterocycles. The molecular formula is C21H21N7. The maximum Gasteiger partial charge on any atom is 0.162 e. The zero-order valence-corrected chi connectivity index (χ0v) is 16.2. The Labute approximate surface area is 162 Å². The molecule has 0 atom stereocenters. The summed E-state index contributed by atoms with van der Waals surface area (Å²) in [6.45, 7) is 4.06. The van der Waals surface area contributed by atoms with E-state index in [-0.39, 0.29) is 0 Å². The number of fused-ring (bicyclic) bond motifs is 4. The van der Waals surface area contributed by atoms with Crippen LogP contribution in [0.4, 0.5) is 0 Å².